The summed E-state index contributed by atoms with van der Waals surface area (Å²) in [5.74, 6) is -3.13. The second-order valence-corrected chi connectivity index (χ2v) is 18.7. The molecule has 6 fully saturated rings. The molecule has 1 unspecified atom stereocenters. The summed E-state index contributed by atoms with van der Waals surface area (Å²) in [6, 6.07) is 0. The van der Waals surface area contributed by atoms with E-state index >= 15 is 9.59 Å². The summed E-state index contributed by atoms with van der Waals surface area (Å²) < 4.78 is 0. The number of carboxylic acid groups (broad SMARTS) is 1. The highest BCUT2D eigenvalue weighted by Crippen LogP contribution is 2.87. The van der Waals surface area contributed by atoms with Crippen molar-refractivity contribution in [3.63, 3.8) is 0 Å². The van der Waals surface area contributed by atoms with E-state index in [-0.39, 0.29) is 69.2 Å². The summed E-state index contributed by atoms with van der Waals surface area (Å²) in [5, 5.41) is 34.9. The molecular formula is C40H56O6. The molecule has 6 saturated carbocycles. The van der Waals surface area contributed by atoms with Crippen LogP contribution in [0.25, 0.3) is 0 Å². The van der Waals surface area contributed by atoms with Crippen LogP contribution in [0.2, 0.25) is 0 Å². The first-order chi connectivity index (χ1) is 21.3. The van der Waals surface area contributed by atoms with Gasteiger partial charge in [-0.2, -0.15) is 0 Å². The Hall–Kier alpha value is -2.21. The van der Waals surface area contributed by atoms with E-state index in [0.29, 0.717) is 19.3 Å². The molecule has 0 aromatic heterocycles. The average Bonchev–Trinajstić information content (AvgIpc) is 3.35. The molecule has 7 aliphatic carbocycles. The van der Waals surface area contributed by atoms with E-state index in [9.17, 15) is 20.1 Å². The van der Waals surface area contributed by atoms with Gasteiger partial charge in [0.15, 0.2) is 11.5 Å². The molecule has 0 aliphatic heterocycles. The van der Waals surface area contributed by atoms with E-state index in [4.69, 9.17) is 6.58 Å². The molecule has 252 valence electrons. The van der Waals surface area contributed by atoms with Gasteiger partial charge in [-0.25, -0.2) is 0 Å². The fraction of sp³-hybridized carbons (Fsp3) is 0.775. The van der Waals surface area contributed by atoms with Crippen molar-refractivity contribution in [3.05, 3.63) is 35.6 Å². The predicted octanol–water partition coefficient (Wildman–Crippen LogP) is 7.86. The lowest BCUT2D eigenvalue weighted by atomic mass is 9.36. The summed E-state index contributed by atoms with van der Waals surface area (Å²) in [7, 11) is 0. The van der Waals surface area contributed by atoms with Gasteiger partial charge in [-0.05, 0) is 104 Å². The molecule has 2 bridgehead atoms. The normalized spacial score (nSPS) is 50.8. The Labute approximate surface area is 275 Å². The van der Waals surface area contributed by atoms with Crippen molar-refractivity contribution in [2.45, 2.75) is 119 Å². The number of aliphatic hydroxyl groups excluding tert-OH is 2. The maximum atomic E-state index is 15.5. The lowest BCUT2D eigenvalue weighted by molar-refractivity contribution is -0.178. The number of rotatable bonds is 4. The molecule has 0 radical (unpaired) electrons. The van der Waals surface area contributed by atoms with E-state index < -0.39 is 39.7 Å². The van der Waals surface area contributed by atoms with Crippen LogP contribution in [0.4, 0.5) is 0 Å². The third-order valence-corrected chi connectivity index (χ3v) is 16.4. The lowest BCUT2D eigenvalue weighted by Crippen LogP contribution is -2.67. The number of Topliss-reactive ketones (excluding diaryl/α,β-unsaturated/α-hetero) is 2. The first-order valence-corrected chi connectivity index (χ1v) is 18.1. The SMILES string of the molecule is C=C1CC[C@@H]2[C@](C)(CCC[C@@]2(C)C(=O)O)[C@H]1C[C@H]1C(=C)[C@H]2C[C@@]34C(=O)C(C(C)C)=C(O)C(=O)[C@@]13[C@@]1(C)CCCC(C)(C)[C@@H]1[C@H]4C2O. The van der Waals surface area contributed by atoms with Crippen LogP contribution in [-0.2, 0) is 14.4 Å². The van der Waals surface area contributed by atoms with Crippen molar-refractivity contribution in [2.24, 2.45) is 73.9 Å². The Kier molecular flexibility index (Phi) is 6.66. The highest BCUT2D eigenvalue weighted by atomic mass is 16.4. The predicted molar refractivity (Wildman–Crippen MR) is 177 cm³/mol. The Morgan fingerprint density at radius 2 is 1.61 bits per heavy atom. The van der Waals surface area contributed by atoms with Gasteiger partial charge in [-0.15, -0.1) is 0 Å². The Morgan fingerprint density at radius 3 is 2.24 bits per heavy atom. The second-order valence-electron chi connectivity index (χ2n) is 18.7. The zero-order valence-electron chi connectivity index (χ0n) is 29.2. The number of aliphatic hydroxyl groups is 2. The number of hydrogen-bond acceptors (Lipinski definition) is 5. The van der Waals surface area contributed by atoms with Gasteiger partial charge < -0.3 is 15.3 Å². The van der Waals surface area contributed by atoms with Crippen molar-refractivity contribution in [2.75, 3.05) is 0 Å². The molecule has 46 heavy (non-hydrogen) atoms. The molecule has 0 aromatic carbocycles. The van der Waals surface area contributed by atoms with Crippen LogP contribution in [-0.4, -0.2) is 39.0 Å². The van der Waals surface area contributed by atoms with Gasteiger partial charge >= 0.3 is 5.97 Å². The van der Waals surface area contributed by atoms with Crippen LogP contribution in [0.15, 0.2) is 35.6 Å². The van der Waals surface area contributed by atoms with E-state index in [2.05, 4.69) is 34.3 Å². The fourth-order valence-electron chi connectivity index (χ4n) is 15.0. The number of carboxylic acids is 1. The van der Waals surface area contributed by atoms with Gasteiger partial charge in [0, 0.05) is 17.4 Å². The first-order valence-electron chi connectivity index (χ1n) is 18.1. The first kappa shape index (κ1) is 32.3. The average molecular weight is 633 g/mol. The van der Waals surface area contributed by atoms with Crippen LogP contribution >= 0.6 is 0 Å². The van der Waals surface area contributed by atoms with Gasteiger partial charge in [-0.3, -0.25) is 14.4 Å². The summed E-state index contributed by atoms with van der Waals surface area (Å²) in [5.41, 5.74) is -2.17. The van der Waals surface area contributed by atoms with Crippen molar-refractivity contribution in [1.82, 2.24) is 0 Å². The van der Waals surface area contributed by atoms with Crippen molar-refractivity contribution < 1.29 is 29.7 Å². The summed E-state index contributed by atoms with van der Waals surface area (Å²) in [6.45, 7) is 24.0. The number of hydrogen-bond donors (Lipinski definition) is 3. The monoisotopic (exact) mass is 632 g/mol. The van der Waals surface area contributed by atoms with Gasteiger partial charge in [0.2, 0.25) is 5.78 Å². The number of ketones is 2. The number of aliphatic carboxylic acids is 1. The highest BCUT2D eigenvalue weighted by molar-refractivity contribution is 6.18. The third kappa shape index (κ3) is 3.27. The quantitative estimate of drug-likeness (QED) is 0.272. The molecule has 6 heteroatoms. The molecular weight excluding hydrogens is 576 g/mol. The van der Waals surface area contributed by atoms with Gasteiger partial charge in [0.05, 0.1) is 22.3 Å². The van der Waals surface area contributed by atoms with Crippen molar-refractivity contribution in [1.29, 1.82) is 0 Å². The minimum Gasteiger partial charge on any atom is -0.504 e. The van der Waals surface area contributed by atoms with Crippen molar-refractivity contribution in [3.8, 4) is 0 Å². The molecule has 6 nitrogen and oxygen atoms in total. The molecule has 3 N–H and O–H groups in total. The molecule has 12 atom stereocenters. The Balaban J connectivity index is 1.49. The van der Waals surface area contributed by atoms with Crippen LogP contribution in [0, 0.1) is 73.9 Å². The molecule has 0 heterocycles. The van der Waals surface area contributed by atoms with Gasteiger partial charge in [0.25, 0.3) is 0 Å². The van der Waals surface area contributed by atoms with E-state index in [1.807, 2.05) is 20.8 Å². The molecule has 1 spiro atoms. The van der Waals surface area contributed by atoms with E-state index in [1.165, 1.54) is 0 Å². The number of allylic oxidation sites excluding steroid dienone is 3. The topological polar surface area (TPSA) is 112 Å². The highest BCUT2D eigenvalue weighted by Gasteiger charge is 2.89. The zero-order chi connectivity index (χ0) is 33.7. The van der Waals surface area contributed by atoms with Crippen molar-refractivity contribution >= 4 is 17.5 Å². The maximum absolute atomic E-state index is 15.5. The van der Waals surface area contributed by atoms with Gasteiger partial charge in [-0.1, -0.05) is 78.7 Å². The molecule has 7 rings (SSSR count). The smallest absolute Gasteiger partial charge is 0.309 e. The van der Waals surface area contributed by atoms with E-state index in [0.717, 1.165) is 56.1 Å². The molecule has 7 aliphatic rings. The minimum absolute atomic E-state index is 0.0369. The zero-order valence-corrected chi connectivity index (χ0v) is 29.2. The summed E-state index contributed by atoms with van der Waals surface area (Å²) >= 11 is 0. The minimum atomic E-state index is -1.23. The fourth-order valence-corrected chi connectivity index (χ4v) is 15.0. The Bertz CT molecular complexity index is 1500. The van der Waals surface area contributed by atoms with E-state index in [1.54, 1.807) is 0 Å². The van der Waals surface area contributed by atoms with Crippen LogP contribution in [0.3, 0.4) is 0 Å². The molecule has 0 amide bonds. The number of carbonyl (C=O) groups excluding carboxylic acids is 2. The largest absolute Gasteiger partial charge is 0.504 e. The standard InChI is InChI=1S/C40H56O6/c1-20(2)27-30(42)33(44)40-25(18-24-21(3)12-13-26-36(24,7)15-11-16-37(26,8)34(45)46)22(4)23-19-39(40,32(27)43)28(29(23)41)31-35(5,6)14-10-17-38(31,40)9/h20,23-26,28-29,31,41-42H,3-4,10-19H2,1-2,5-9H3,(H,45,46)/t23-,24+,25+,26-,28-,29?,31+,36-,37-,38+,39-,40-/m1/s1. The third-order valence-electron chi connectivity index (χ3n) is 16.4. The van der Waals surface area contributed by atoms with Gasteiger partial charge in [0.1, 0.15) is 0 Å². The maximum Gasteiger partial charge on any atom is 0.309 e. The Morgan fingerprint density at radius 1 is 0.957 bits per heavy atom. The molecule has 0 saturated heterocycles. The number of carbonyl (C=O) groups is 3. The van der Waals surface area contributed by atoms with Crippen LogP contribution in [0.1, 0.15) is 113 Å². The number of fused-ring (bicyclic) bond motifs is 4. The lowest BCUT2D eigenvalue weighted by Gasteiger charge is -2.64. The van der Waals surface area contributed by atoms with Crippen LogP contribution in [0.5, 0.6) is 0 Å². The summed E-state index contributed by atoms with van der Waals surface area (Å²) in [6.07, 6.45) is 6.68. The van der Waals surface area contributed by atoms with Crippen LogP contribution < -0.4 is 0 Å². The second kappa shape index (κ2) is 9.48. The molecule has 0 aromatic rings. The summed E-state index contributed by atoms with van der Waals surface area (Å²) in [4.78, 5) is 43.6.